The van der Waals surface area contributed by atoms with Crippen LogP contribution in [0.1, 0.15) is 81.3 Å². The molecule has 0 heterocycles. The van der Waals surface area contributed by atoms with Crippen LogP contribution in [0.5, 0.6) is 0 Å². The van der Waals surface area contributed by atoms with Gasteiger partial charge in [-0.15, -0.1) is 0 Å². The lowest BCUT2D eigenvalue weighted by atomic mass is 9.68. The molecule has 0 bridgehead atoms. The van der Waals surface area contributed by atoms with E-state index in [0.29, 0.717) is 0 Å². The van der Waals surface area contributed by atoms with E-state index in [-0.39, 0.29) is 5.41 Å². The quantitative estimate of drug-likeness (QED) is 0.831. The van der Waals surface area contributed by atoms with E-state index >= 15 is 0 Å². The van der Waals surface area contributed by atoms with Crippen molar-refractivity contribution in [2.45, 2.75) is 75.5 Å². The van der Waals surface area contributed by atoms with Crippen LogP contribution in [0.15, 0.2) is 24.3 Å². The number of hydrogen-bond donors (Lipinski definition) is 1. The van der Waals surface area contributed by atoms with Crippen molar-refractivity contribution in [2.75, 3.05) is 6.54 Å². The Labute approximate surface area is 124 Å². The van der Waals surface area contributed by atoms with Gasteiger partial charge in [0.25, 0.3) is 0 Å². The van der Waals surface area contributed by atoms with Crippen molar-refractivity contribution in [1.82, 2.24) is 0 Å². The Morgan fingerprint density at radius 2 is 1.65 bits per heavy atom. The van der Waals surface area contributed by atoms with Crippen LogP contribution in [-0.2, 0) is 5.41 Å². The molecule has 2 N–H and O–H groups in total. The number of hydrogen-bond acceptors (Lipinski definition) is 1. The number of benzene rings is 1. The fourth-order valence-corrected chi connectivity index (χ4v) is 4.40. The molecule has 0 aromatic heterocycles. The van der Waals surface area contributed by atoms with E-state index in [4.69, 9.17) is 5.73 Å². The molecule has 0 saturated heterocycles. The molecule has 0 atom stereocenters. The Morgan fingerprint density at radius 3 is 2.35 bits per heavy atom. The van der Waals surface area contributed by atoms with Crippen LogP contribution < -0.4 is 5.73 Å². The van der Waals surface area contributed by atoms with Gasteiger partial charge >= 0.3 is 0 Å². The highest BCUT2D eigenvalue weighted by Gasteiger charge is 2.32. The van der Waals surface area contributed by atoms with Gasteiger partial charge in [-0.2, -0.15) is 0 Å². The van der Waals surface area contributed by atoms with Crippen LogP contribution in [0, 0.1) is 0 Å². The Kier molecular flexibility index (Phi) is 4.45. The molecule has 1 heteroatoms. The lowest BCUT2D eigenvalue weighted by Gasteiger charge is -2.37. The third-order valence-corrected chi connectivity index (χ3v) is 5.78. The first kappa shape index (κ1) is 14.1. The maximum absolute atomic E-state index is 6.20. The van der Waals surface area contributed by atoms with E-state index < -0.39 is 0 Å². The first-order chi connectivity index (χ1) is 9.84. The molecule has 0 amide bonds. The van der Waals surface area contributed by atoms with Crippen molar-refractivity contribution in [3.05, 3.63) is 35.4 Å². The van der Waals surface area contributed by atoms with Gasteiger partial charge in [-0.05, 0) is 42.7 Å². The van der Waals surface area contributed by atoms with E-state index in [0.717, 1.165) is 12.5 Å². The summed E-state index contributed by atoms with van der Waals surface area (Å²) in [6.45, 7) is 0.821. The minimum Gasteiger partial charge on any atom is -0.330 e. The SMILES string of the molecule is NCC1(c2cccc(C3CCCCC3)c2)CCCCC1. The van der Waals surface area contributed by atoms with Crippen molar-refractivity contribution in [3.8, 4) is 0 Å². The second-order valence-corrected chi connectivity index (χ2v) is 7.01. The Morgan fingerprint density at radius 1 is 0.950 bits per heavy atom. The molecule has 0 spiro atoms. The molecular weight excluding hydrogens is 242 g/mol. The van der Waals surface area contributed by atoms with Crippen molar-refractivity contribution in [2.24, 2.45) is 5.73 Å². The minimum absolute atomic E-state index is 0.281. The van der Waals surface area contributed by atoms with Crippen LogP contribution in [0.4, 0.5) is 0 Å². The molecule has 1 nitrogen and oxygen atoms in total. The van der Waals surface area contributed by atoms with Crippen LogP contribution in [0.3, 0.4) is 0 Å². The first-order valence-electron chi connectivity index (χ1n) is 8.65. The smallest absolute Gasteiger partial charge is 0.00756 e. The Bertz CT molecular complexity index is 425. The van der Waals surface area contributed by atoms with Crippen LogP contribution in [-0.4, -0.2) is 6.54 Å². The second kappa shape index (κ2) is 6.30. The van der Waals surface area contributed by atoms with Gasteiger partial charge in [0.1, 0.15) is 0 Å². The lowest BCUT2D eigenvalue weighted by molar-refractivity contribution is 0.300. The van der Waals surface area contributed by atoms with Gasteiger partial charge < -0.3 is 5.73 Å². The predicted molar refractivity (Wildman–Crippen MR) is 86.1 cm³/mol. The zero-order valence-corrected chi connectivity index (χ0v) is 12.7. The van der Waals surface area contributed by atoms with E-state index in [1.165, 1.54) is 69.8 Å². The van der Waals surface area contributed by atoms with Gasteiger partial charge in [0.05, 0.1) is 0 Å². The Hall–Kier alpha value is -0.820. The van der Waals surface area contributed by atoms with Crippen LogP contribution in [0.2, 0.25) is 0 Å². The highest BCUT2D eigenvalue weighted by atomic mass is 14.6. The molecule has 1 aromatic carbocycles. The molecule has 1 aromatic rings. The van der Waals surface area contributed by atoms with E-state index in [2.05, 4.69) is 24.3 Å². The van der Waals surface area contributed by atoms with E-state index in [9.17, 15) is 0 Å². The summed E-state index contributed by atoms with van der Waals surface area (Å²) in [7, 11) is 0. The molecule has 3 rings (SSSR count). The Balaban J connectivity index is 1.85. The molecule has 2 aliphatic carbocycles. The summed E-state index contributed by atoms with van der Waals surface area (Å²) in [6.07, 6.45) is 13.7. The van der Waals surface area contributed by atoms with Crippen LogP contribution >= 0.6 is 0 Å². The average Bonchev–Trinajstić information content (AvgIpc) is 2.56. The highest BCUT2D eigenvalue weighted by Crippen LogP contribution is 2.40. The fourth-order valence-electron chi connectivity index (χ4n) is 4.40. The summed E-state index contributed by atoms with van der Waals surface area (Å²) < 4.78 is 0. The molecular formula is C19H29N. The topological polar surface area (TPSA) is 26.0 Å². The summed E-state index contributed by atoms with van der Waals surface area (Å²) in [6, 6.07) is 9.48. The molecule has 0 aliphatic heterocycles. The third kappa shape index (κ3) is 2.79. The minimum atomic E-state index is 0.281. The lowest BCUT2D eigenvalue weighted by Crippen LogP contribution is -2.37. The second-order valence-electron chi connectivity index (χ2n) is 7.01. The van der Waals surface area contributed by atoms with Crippen molar-refractivity contribution in [1.29, 1.82) is 0 Å². The zero-order chi connectivity index (χ0) is 13.8. The molecule has 2 fully saturated rings. The summed E-state index contributed by atoms with van der Waals surface area (Å²) in [5.74, 6) is 0.808. The van der Waals surface area contributed by atoms with Gasteiger partial charge in [0.15, 0.2) is 0 Å². The van der Waals surface area contributed by atoms with Gasteiger partial charge in [-0.3, -0.25) is 0 Å². The molecule has 2 aliphatic rings. The molecule has 110 valence electrons. The first-order valence-corrected chi connectivity index (χ1v) is 8.65. The maximum atomic E-state index is 6.20. The van der Waals surface area contributed by atoms with Gasteiger partial charge in [0, 0.05) is 12.0 Å². The molecule has 0 radical (unpaired) electrons. The number of nitrogens with two attached hydrogens (primary N) is 1. The third-order valence-electron chi connectivity index (χ3n) is 5.78. The summed E-state index contributed by atoms with van der Waals surface area (Å²) in [5, 5.41) is 0. The normalized spacial score (nSPS) is 23.6. The predicted octanol–water partition coefficient (Wildman–Crippen LogP) is 4.89. The van der Waals surface area contributed by atoms with E-state index in [1.54, 1.807) is 5.56 Å². The van der Waals surface area contributed by atoms with Crippen molar-refractivity contribution < 1.29 is 0 Å². The van der Waals surface area contributed by atoms with Crippen molar-refractivity contribution >= 4 is 0 Å². The van der Waals surface area contributed by atoms with E-state index in [1.807, 2.05) is 0 Å². The summed E-state index contributed by atoms with van der Waals surface area (Å²) in [4.78, 5) is 0. The molecule has 0 unspecified atom stereocenters. The van der Waals surface area contributed by atoms with Crippen LogP contribution in [0.25, 0.3) is 0 Å². The van der Waals surface area contributed by atoms with Gasteiger partial charge in [0.2, 0.25) is 0 Å². The fraction of sp³-hybridized carbons (Fsp3) is 0.684. The maximum Gasteiger partial charge on any atom is 0.00756 e. The largest absolute Gasteiger partial charge is 0.330 e. The number of rotatable bonds is 3. The van der Waals surface area contributed by atoms with Gasteiger partial charge in [-0.1, -0.05) is 62.8 Å². The summed E-state index contributed by atoms with van der Waals surface area (Å²) >= 11 is 0. The van der Waals surface area contributed by atoms with Crippen molar-refractivity contribution in [3.63, 3.8) is 0 Å². The highest BCUT2D eigenvalue weighted by molar-refractivity contribution is 5.33. The zero-order valence-electron chi connectivity index (χ0n) is 12.7. The molecule has 20 heavy (non-hydrogen) atoms. The average molecular weight is 271 g/mol. The molecule has 2 saturated carbocycles. The van der Waals surface area contributed by atoms with Gasteiger partial charge in [-0.25, -0.2) is 0 Å². The standard InChI is InChI=1S/C19H29N/c20-15-19(12-5-2-6-13-19)18-11-7-10-17(14-18)16-8-3-1-4-9-16/h7,10-11,14,16H,1-6,8-9,12-13,15,20H2. The summed E-state index contributed by atoms with van der Waals surface area (Å²) in [5.41, 5.74) is 9.59. The monoisotopic (exact) mass is 271 g/mol.